The Morgan fingerprint density at radius 1 is 0.968 bits per heavy atom. The number of carbonyl (C=O) groups excluding carboxylic acids is 1. The van der Waals surface area contributed by atoms with Gasteiger partial charge in [-0.05, 0) is 41.3 Å². The predicted octanol–water partition coefficient (Wildman–Crippen LogP) is 4.11. The molecule has 5 nitrogen and oxygen atoms in total. The summed E-state index contributed by atoms with van der Waals surface area (Å²) < 4.78 is 0. The molecule has 1 atom stereocenters. The number of nitrogens with zero attached hydrogens (tertiary/aromatic N) is 3. The van der Waals surface area contributed by atoms with Gasteiger partial charge in [-0.1, -0.05) is 36.4 Å². The number of hydrogen-bond acceptors (Lipinski definition) is 5. The molecule has 1 aliphatic heterocycles. The first-order valence-electron chi connectivity index (χ1n) is 10.7. The van der Waals surface area contributed by atoms with Crippen molar-refractivity contribution >= 4 is 28.6 Å². The standard InChI is InChI=1S/C25H30N4OS/c1-27(2)21-12-10-20(11-13-21)23(19-26-25(30)24-9-6-18-31-24)29-16-14-28(15-17-29)22-7-4-3-5-8-22/h3-13,18,23H,14-17,19H2,1-2H3,(H,26,30)/t23-/m0/s1. The van der Waals surface area contributed by atoms with Crippen LogP contribution in [0.2, 0.25) is 0 Å². The Kier molecular flexibility index (Phi) is 6.89. The number of thiophene rings is 1. The van der Waals surface area contributed by atoms with E-state index in [0.717, 1.165) is 31.1 Å². The number of hydrogen-bond donors (Lipinski definition) is 1. The third-order valence-electron chi connectivity index (χ3n) is 5.87. The fraction of sp³-hybridized carbons (Fsp3) is 0.320. The highest BCUT2D eigenvalue weighted by Crippen LogP contribution is 2.26. The number of benzene rings is 2. The number of nitrogens with one attached hydrogen (secondary N) is 1. The highest BCUT2D eigenvalue weighted by atomic mass is 32.1. The van der Waals surface area contributed by atoms with E-state index in [4.69, 9.17) is 0 Å². The first kappa shape index (κ1) is 21.4. The van der Waals surface area contributed by atoms with E-state index < -0.39 is 0 Å². The lowest BCUT2D eigenvalue weighted by Gasteiger charge is -2.40. The smallest absolute Gasteiger partial charge is 0.261 e. The number of para-hydroxylation sites is 1. The van der Waals surface area contributed by atoms with Crippen molar-refractivity contribution in [2.24, 2.45) is 0 Å². The van der Waals surface area contributed by atoms with E-state index in [1.165, 1.54) is 28.3 Å². The van der Waals surface area contributed by atoms with Gasteiger partial charge in [-0.3, -0.25) is 9.69 Å². The highest BCUT2D eigenvalue weighted by Gasteiger charge is 2.26. The molecule has 0 saturated carbocycles. The molecule has 0 spiro atoms. The Morgan fingerprint density at radius 2 is 1.68 bits per heavy atom. The molecule has 6 heteroatoms. The maximum absolute atomic E-state index is 12.6. The molecule has 2 aromatic carbocycles. The van der Waals surface area contributed by atoms with Crippen LogP contribution in [0.5, 0.6) is 0 Å². The molecule has 2 heterocycles. The molecule has 31 heavy (non-hydrogen) atoms. The van der Waals surface area contributed by atoms with Crippen molar-refractivity contribution in [3.8, 4) is 0 Å². The average Bonchev–Trinajstić information content (AvgIpc) is 3.36. The molecule has 1 saturated heterocycles. The summed E-state index contributed by atoms with van der Waals surface area (Å²) in [5.74, 6) is 0.00725. The van der Waals surface area contributed by atoms with Crippen molar-refractivity contribution in [1.82, 2.24) is 10.2 Å². The third kappa shape index (κ3) is 5.27. The Bertz CT molecular complexity index is 949. The zero-order valence-electron chi connectivity index (χ0n) is 18.2. The molecule has 0 aliphatic carbocycles. The van der Waals surface area contributed by atoms with Crippen LogP contribution in [0.1, 0.15) is 21.3 Å². The second-order valence-corrected chi connectivity index (χ2v) is 9.00. The zero-order valence-corrected chi connectivity index (χ0v) is 19.0. The zero-order chi connectivity index (χ0) is 21.6. The Balaban J connectivity index is 1.47. The van der Waals surface area contributed by atoms with Crippen LogP contribution in [-0.2, 0) is 0 Å². The van der Waals surface area contributed by atoms with Gasteiger partial charge < -0.3 is 15.1 Å². The molecular weight excluding hydrogens is 404 g/mol. The van der Waals surface area contributed by atoms with E-state index in [-0.39, 0.29) is 11.9 Å². The van der Waals surface area contributed by atoms with Crippen molar-refractivity contribution in [3.05, 3.63) is 82.6 Å². The van der Waals surface area contributed by atoms with E-state index in [0.29, 0.717) is 6.54 Å². The van der Waals surface area contributed by atoms with Crippen LogP contribution < -0.4 is 15.1 Å². The van der Waals surface area contributed by atoms with Crippen molar-refractivity contribution in [3.63, 3.8) is 0 Å². The second-order valence-electron chi connectivity index (χ2n) is 8.05. The van der Waals surface area contributed by atoms with Crippen LogP contribution in [0, 0.1) is 0 Å². The summed E-state index contributed by atoms with van der Waals surface area (Å²) in [6.07, 6.45) is 0. The van der Waals surface area contributed by atoms with Gasteiger partial charge in [0.2, 0.25) is 0 Å². The summed E-state index contributed by atoms with van der Waals surface area (Å²) in [6, 6.07) is 23.2. The predicted molar refractivity (Wildman–Crippen MR) is 130 cm³/mol. The monoisotopic (exact) mass is 434 g/mol. The normalized spacial score (nSPS) is 15.5. The minimum Gasteiger partial charge on any atom is -0.378 e. The quantitative estimate of drug-likeness (QED) is 0.608. The molecule has 1 N–H and O–H groups in total. The van der Waals surface area contributed by atoms with Crippen LogP contribution in [-0.4, -0.2) is 57.6 Å². The molecule has 4 rings (SSSR count). The van der Waals surface area contributed by atoms with Crippen molar-refractivity contribution in [2.75, 3.05) is 56.6 Å². The van der Waals surface area contributed by atoms with E-state index in [9.17, 15) is 4.79 Å². The van der Waals surface area contributed by atoms with Gasteiger partial charge in [0.25, 0.3) is 5.91 Å². The van der Waals surface area contributed by atoms with Crippen molar-refractivity contribution < 1.29 is 4.79 Å². The fourth-order valence-corrected chi connectivity index (χ4v) is 4.71. The van der Waals surface area contributed by atoms with Gasteiger partial charge in [-0.15, -0.1) is 11.3 Å². The molecule has 0 bridgehead atoms. The number of anilines is 2. The average molecular weight is 435 g/mol. The second kappa shape index (κ2) is 9.98. The largest absolute Gasteiger partial charge is 0.378 e. The third-order valence-corrected chi connectivity index (χ3v) is 6.74. The lowest BCUT2D eigenvalue weighted by atomic mass is 10.0. The summed E-state index contributed by atoms with van der Waals surface area (Å²) >= 11 is 1.48. The maximum Gasteiger partial charge on any atom is 0.261 e. The summed E-state index contributed by atoms with van der Waals surface area (Å²) in [4.78, 5) is 20.4. The minimum atomic E-state index is 0.00725. The van der Waals surface area contributed by atoms with E-state index in [1.54, 1.807) is 0 Å². The Labute approximate surface area is 188 Å². The summed E-state index contributed by atoms with van der Waals surface area (Å²) in [5.41, 5.74) is 3.70. The summed E-state index contributed by atoms with van der Waals surface area (Å²) in [6.45, 7) is 4.49. The molecule has 3 aromatic rings. The van der Waals surface area contributed by atoms with Crippen LogP contribution in [0.25, 0.3) is 0 Å². The molecule has 1 aliphatic rings. The molecule has 0 radical (unpaired) electrons. The highest BCUT2D eigenvalue weighted by molar-refractivity contribution is 7.12. The van der Waals surface area contributed by atoms with Gasteiger partial charge in [-0.2, -0.15) is 0 Å². The van der Waals surface area contributed by atoms with Gasteiger partial charge in [0.1, 0.15) is 0 Å². The first-order valence-corrected chi connectivity index (χ1v) is 11.6. The number of carbonyl (C=O) groups is 1. The van der Waals surface area contributed by atoms with Crippen molar-refractivity contribution in [1.29, 1.82) is 0 Å². The Morgan fingerprint density at radius 3 is 2.29 bits per heavy atom. The molecule has 162 valence electrons. The van der Waals surface area contributed by atoms with Gasteiger partial charge in [-0.25, -0.2) is 0 Å². The lowest BCUT2D eigenvalue weighted by molar-refractivity contribution is 0.0934. The maximum atomic E-state index is 12.6. The van der Waals surface area contributed by atoms with Crippen LogP contribution in [0.15, 0.2) is 72.1 Å². The molecule has 1 aromatic heterocycles. The van der Waals surface area contributed by atoms with Crippen LogP contribution >= 0.6 is 11.3 Å². The number of piperazine rings is 1. The van der Waals surface area contributed by atoms with Crippen LogP contribution in [0.3, 0.4) is 0 Å². The van der Waals surface area contributed by atoms with Crippen LogP contribution in [0.4, 0.5) is 11.4 Å². The number of rotatable bonds is 7. The van der Waals surface area contributed by atoms with Gasteiger partial charge in [0.05, 0.1) is 10.9 Å². The van der Waals surface area contributed by atoms with Gasteiger partial charge >= 0.3 is 0 Å². The first-order chi connectivity index (χ1) is 15.1. The number of amides is 1. The summed E-state index contributed by atoms with van der Waals surface area (Å²) in [7, 11) is 4.10. The fourth-order valence-electron chi connectivity index (χ4n) is 4.07. The summed E-state index contributed by atoms with van der Waals surface area (Å²) in [5, 5.41) is 5.11. The lowest BCUT2D eigenvalue weighted by Crippen LogP contribution is -2.49. The SMILES string of the molecule is CN(C)c1ccc([C@H](CNC(=O)c2cccs2)N2CCN(c3ccccc3)CC2)cc1. The van der Waals surface area contributed by atoms with Gasteiger partial charge in [0, 0.05) is 58.2 Å². The van der Waals surface area contributed by atoms with E-state index in [2.05, 4.69) is 88.7 Å². The molecule has 1 fully saturated rings. The molecule has 0 unspecified atom stereocenters. The van der Waals surface area contributed by atoms with E-state index in [1.807, 2.05) is 17.5 Å². The minimum absolute atomic E-state index is 0.00725. The van der Waals surface area contributed by atoms with Gasteiger partial charge in [0.15, 0.2) is 0 Å². The van der Waals surface area contributed by atoms with Crippen molar-refractivity contribution in [2.45, 2.75) is 6.04 Å². The molecular formula is C25H30N4OS. The van der Waals surface area contributed by atoms with E-state index >= 15 is 0 Å². The Hall–Kier alpha value is -2.83. The topological polar surface area (TPSA) is 38.8 Å². The molecule has 1 amide bonds.